The van der Waals surface area contributed by atoms with Crippen LogP contribution in [0.1, 0.15) is 62.9 Å². The summed E-state index contributed by atoms with van der Waals surface area (Å²) in [5.74, 6) is 0.882. The van der Waals surface area contributed by atoms with E-state index in [1.165, 1.54) is 42.6 Å². The SMILES string of the molecule is CCCC(N)Cc1ccc2c(n1)CCC(CCC)C2. The zero-order valence-electron chi connectivity index (χ0n) is 12.5. The lowest BCUT2D eigenvalue weighted by Crippen LogP contribution is -2.23. The Morgan fingerprint density at radius 1 is 1.32 bits per heavy atom. The molecule has 2 heteroatoms. The van der Waals surface area contributed by atoms with Crippen LogP contribution in [-0.2, 0) is 19.3 Å². The fourth-order valence-electron chi connectivity index (χ4n) is 3.24. The van der Waals surface area contributed by atoms with Gasteiger partial charge in [0.2, 0.25) is 0 Å². The maximum Gasteiger partial charge on any atom is 0.0439 e. The second-order valence-corrected chi connectivity index (χ2v) is 6.06. The molecule has 1 aromatic heterocycles. The maximum absolute atomic E-state index is 6.11. The molecule has 1 heterocycles. The van der Waals surface area contributed by atoms with E-state index >= 15 is 0 Å². The van der Waals surface area contributed by atoms with Crippen molar-refractivity contribution < 1.29 is 0 Å². The molecule has 0 spiro atoms. The number of rotatable bonds is 6. The molecule has 106 valence electrons. The molecule has 1 aromatic rings. The number of nitrogens with two attached hydrogens (primary N) is 1. The van der Waals surface area contributed by atoms with E-state index in [0.29, 0.717) is 0 Å². The van der Waals surface area contributed by atoms with Crippen molar-refractivity contribution in [1.29, 1.82) is 0 Å². The topological polar surface area (TPSA) is 38.9 Å². The molecule has 1 aliphatic carbocycles. The number of fused-ring (bicyclic) bond motifs is 1. The van der Waals surface area contributed by atoms with Crippen LogP contribution < -0.4 is 5.73 Å². The minimum absolute atomic E-state index is 0.270. The summed E-state index contributed by atoms with van der Waals surface area (Å²) >= 11 is 0. The van der Waals surface area contributed by atoms with Crippen molar-refractivity contribution in [1.82, 2.24) is 4.98 Å². The molecule has 0 aliphatic heterocycles. The van der Waals surface area contributed by atoms with Crippen molar-refractivity contribution in [2.75, 3.05) is 0 Å². The van der Waals surface area contributed by atoms with Crippen molar-refractivity contribution in [3.05, 3.63) is 29.1 Å². The zero-order chi connectivity index (χ0) is 13.7. The Morgan fingerprint density at radius 3 is 2.89 bits per heavy atom. The van der Waals surface area contributed by atoms with Crippen LogP contribution in [0.3, 0.4) is 0 Å². The molecule has 19 heavy (non-hydrogen) atoms. The van der Waals surface area contributed by atoms with Crippen LogP contribution in [0, 0.1) is 5.92 Å². The summed E-state index contributed by atoms with van der Waals surface area (Å²) < 4.78 is 0. The number of hydrogen-bond acceptors (Lipinski definition) is 2. The van der Waals surface area contributed by atoms with Crippen LogP contribution in [0.5, 0.6) is 0 Å². The first-order valence-corrected chi connectivity index (χ1v) is 7.96. The van der Waals surface area contributed by atoms with Gasteiger partial charge in [-0.1, -0.05) is 39.2 Å². The lowest BCUT2D eigenvalue weighted by Gasteiger charge is -2.24. The lowest BCUT2D eigenvalue weighted by molar-refractivity contribution is 0.417. The molecule has 1 aliphatic rings. The summed E-state index contributed by atoms with van der Waals surface area (Å²) in [7, 11) is 0. The van der Waals surface area contributed by atoms with Gasteiger partial charge in [0.25, 0.3) is 0 Å². The van der Waals surface area contributed by atoms with E-state index in [-0.39, 0.29) is 6.04 Å². The minimum Gasteiger partial charge on any atom is -0.327 e. The third-order valence-electron chi connectivity index (χ3n) is 4.25. The van der Waals surface area contributed by atoms with E-state index < -0.39 is 0 Å². The predicted molar refractivity (Wildman–Crippen MR) is 81.2 cm³/mol. The van der Waals surface area contributed by atoms with Crippen LogP contribution in [0.4, 0.5) is 0 Å². The molecule has 2 N–H and O–H groups in total. The number of aryl methyl sites for hydroxylation is 1. The second-order valence-electron chi connectivity index (χ2n) is 6.06. The first-order chi connectivity index (χ1) is 9.22. The van der Waals surface area contributed by atoms with Crippen molar-refractivity contribution in [3.63, 3.8) is 0 Å². The Hall–Kier alpha value is -0.890. The smallest absolute Gasteiger partial charge is 0.0439 e. The summed E-state index contributed by atoms with van der Waals surface area (Å²) in [5.41, 5.74) is 10.1. The molecule has 0 amide bonds. The Bertz CT molecular complexity index is 400. The number of pyridine rings is 1. The maximum atomic E-state index is 6.11. The van der Waals surface area contributed by atoms with Gasteiger partial charge in [0.05, 0.1) is 0 Å². The molecule has 0 saturated heterocycles. The Kier molecular flexibility index (Phi) is 5.38. The van der Waals surface area contributed by atoms with Crippen molar-refractivity contribution in [2.24, 2.45) is 11.7 Å². The third kappa shape index (κ3) is 4.04. The van der Waals surface area contributed by atoms with Crippen LogP contribution in [0.2, 0.25) is 0 Å². The minimum atomic E-state index is 0.270. The van der Waals surface area contributed by atoms with E-state index in [0.717, 1.165) is 31.6 Å². The highest BCUT2D eigenvalue weighted by molar-refractivity contribution is 5.26. The molecular formula is C17H28N2. The summed E-state index contributed by atoms with van der Waals surface area (Å²) in [6, 6.07) is 4.77. The second kappa shape index (κ2) is 7.04. The molecule has 0 radical (unpaired) electrons. The van der Waals surface area contributed by atoms with Gasteiger partial charge in [-0.05, 0) is 43.2 Å². The van der Waals surface area contributed by atoms with Gasteiger partial charge >= 0.3 is 0 Å². The van der Waals surface area contributed by atoms with Gasteiger partial charge in [0, 0.05) is 23.9 Å². The highest BCUT2D eigenvalue weighted by atomic mass is 14.7. The van der Waals surface area contributed by atoms with E-state index in [1.54, 1.807) is 0 Å². The largest absolute Gasteiger partial charge is 0.327 e. The number of nitrogens with zero attached hydrogens (tertiary/aromatic N) is 1. The first-order valence-electron chi connectivity index (χ1n) is 7.96. The first kappa shape index (κ1) is 14.5. The number of hydrogen-bond donors (Lipinski definition) is 1. The average Bonchev–Trinajstić information content (AvgIpc) is 2.39. The normalized spacial score (nSPS) is 20.1. The molecule has 0 fully saturated rings. The van der Waals surface area contributed by atoms with Gasteiger partial charge in [0.1, 0.15) is 0 Å². The van der Waals surface area contributed by atoms with Gasteiger partial charge in [-0.3, -0.25) is 4.98 Å². The molecule has 0 bridgehead atoms. The molecule has 2 atom stereocenters. The molecule has 2 rings (SSSR count). The predicted octanol–water partition coefficient (Wildman–Crippen LogP) is 3.66. The monoisotopic (exact) mass is 260 g/mol. The molecular weight excluding hydrogens is 232 g/mol. The van der Waals surface area contributed by atoms with Crippen LogP contribution in [-0.4, -0.2) is 11.0 Å². The van der Waals surface area contributed by atoms with Gasteiger partial charge < -0.3 is 5.73 Å². The van der Waals surface area contributed by atoms with Crippen molar-refractivity contribution >= 4 is 0 Å². The van der Waals surface area contributed by atoms with E-state index in [9.17, 15) is 0 Å². The highest BCUT2D eigenvalue weighted by Crippen LogP contribution is 2.27. The number of aromatic nitrogens is 1. The van der Waals surface area contributed by atoms with Crippen molar-refractivity contribution in [2.45, 2.75) is 71.3 Å². The summed E-state index contributed by atoms with van der Waals surface area (Å²) in [5, 5.41) is 0. The Balaban J connectivity index is 2.00. The van der Waals surface area contributed by atoms with E-state index in [4.69, 9.17) is 10.7 Å². The molecule has 2 nitrogen and oxygen atoms in total. The lowest BCUT2D eigenvalue weighted by atomic mass is 9.84. The summed E-state index contributed by atoms with van der Waals surface area (Å²) in [6.07, 6.45) is 9.56. The van der Waals surface area contributed by atoms with Crippen LogP contribution in [0.15, 0.2) is 12.1 Å². The third-order valence-corrected chi connectivity index (χ3v) is 4.25. The van der Waals surface area contributed by atoms with Crippen LogP contribution >= 0.6 is 0 Å². The summed E-state index contributed by atoms with van der Waals surface area (Å²) in [4.78, 5) is 4.85. The quantitative estimate of drug-likeness (QED) is 0.848. The Morgan fingerprint density at radius 2 is 2.16 bits per heavy atom. The van der Waals surface area contributed by atoms with Gasteiger partial charge in [-0.2, -0.15) is 0 Å². The fraction of sp³-hybridized carbons (Fsp3) is 0.706. The van der Waals surface area contributed by atoms with Crippen LogP contribution in [0.25, 0.3) is 0 Å². The average molecular weight is 260 g/mol. The molecule has 0 saturated carbocycles. The Labute approximate surface area is 117 Å². The molecule has 0 aromatic carbocycles. The van der Waals surface area contributed by atoms with Gasteiger partial charge in [-0.25, -0.2) is 0 Å². The summed E-state index contributed by atoms with van der Waals surface area (Å²) in [6.45, 7) is 4.47. The van der Waals surface area contributed by atoms with Crippen molar-refractivity contribution in [3.8, 4) is 0 Å². The highest BCUT2D eigenvalue weighted by Gasteiger charge is 2.19. The fourth-order valence-corrected chi connectivity index (χ4v) is 3.24. The zero-order valence-corrected chi connectivity index (χ0v) is 12.5. The van der Waals surface area contributed by atoms with Gasteiger partial charge in [-0.15, -0.1) is 0 Å². The standard InChI is InChI=1S/C17H28N2/c1-3-5-13-7-10-17-14(11-13)8-9-16(19-17)12-15(18)6-4-2/h8-9,13,15H,3-7,10-12,18H2,1-2H3. The van der Waals surface area contributed by atoms with Gasteiger partial charge in [0.15, 0.2) is 0 Å². The van der Waals surface area contributed by atoms with E-state index in [2.05, 4.69) is 26.0 Å². The molecule has 2 unspecified atom stereocenters. The van der Waals surface area contributed by atoms with E-state index in [1.807, 2.05) is 0 Å².